The minimum absolute atomic E-state index is 0.261. The second-order valence-electron chi connectivity index (χ2n) is 9.14. The summed E-state index contributed by atoms with van der Waals surface area (Å²) in [7, 11) is 0. The Balaban J connectivity index is 1.72. The summed E-state index contributed by atoms with van der Waals surface area (Å²) in [5.74, 6) is 4.90. The number of rotatable bonds is 0. The van der Waals surface area contributed by atoms with E-state index in [-0.39, 0.29) is 5.54 Å². The first-order valence-electron chi connectivity index (χ1n) is 7.72. The Morgan fingerprint density at radius 3 is 1.88 bits per heavy atom. The largest absolute Gasteiger partial charge is 0.325 e. The van der Waals surface area contributed by atoms with Crippen molar-refractivity contribution in [3.05, 3.63) is 0 Å². The van der Waals surface area contributed by atoms with E-state index < -0.39 is 0 Å². The van der Waals surface area contributed by atoms with Gasteiger partial charge in [-0.25, -0.2) is 0 Å². The summed E-state index contributed by atoms with van der Waals surface area (Å²) >= 11 is 0. The second kappa shape index (κ2) is 2.35. The number of hydrogen-bond donors (Lipinski definition) is 1. The summed E-state index contributed by atoms with van der Waals surface area (Å²) in [6.45, 7) is 5.11. The van der Waals surface area contributed by atoms with Crippen molar-refractivity contribution in [2.45, 2.75) is 57.9 Å². The van der Waals surface area contributed by atoms with Crippen LogP contribution in [0.3, 0.4) is 0 Å². The molecule has 17 heavy (non-hydrogen) atoms. The highest BCUT2D eigenvalue weighted by Gasteiger charge is 2.73. The van der Waals surface area contributed by atoms with Gasteiger partial charge in [0.15, 0.2) is 0 Å². The predicted molar refractivity (Wildman–Crippen MR) is 68.3 cm³/mol. The molecule has 0 aliphatic heterocycles. The van der Waals surface area contributed by atoms with E-state index in [1.807, 2.05) is 0 Å². The van der Waals surface area contributed by atoms with Gasteiger partial charge in [-0.1, -0.05) is 13.8 Å². The van der Waals surface area contributed by atoms with Gasteiger partial charge in [-0.05, 0) is 78.9 Å². The molecule has 1 heteroatoms. The normalized spacial score (nSPS) is 74.6. The van der Waals surface area contributed by atoms with Crippen molar-refractivity contribution in [2.75, 3.05) is 0 Å². The zero-order valence-electron chi connectivity index (χ0n) is 11.2. The molecular formula is C16H25N. The summed E-state index contributed by atoms with van der Waals surface area (Å²) in [6, 6.07) is 0. The Labute approximate surface area is 105 Å². The van der Waals surface area contributed by atoms with Crippen LogP contribution >= 0.6 is 0 Å². The molecule has 0 aromatic heterocycles. The van der Waals surface area contributed by atoms with E-state index >= 15 is 0 Å². The highest BCUT2D eigenvalue weighted by molar-refractivity contribution is 5.25. The smallest absolute Gasteiger partial charge is 0.0222 e. The van der Waals surface area contributed by atoms with Crippen LogP contribution in [0, 0.1) is 40.4 Å². The van der Waals surface area contributed by atoms with E-state index in [1.54, 1.807) is 6.42 Å². The van der Waals surface area contributed by atoms with Gasteiger partial charge in [-0.2, -0.15) is 0 Å². The maximum absolute atomic E-state index is 7.00. The van der Waals surface area contributed by atoms with Gasteiger partial charge in [0, 0.05) is 5.54 Å². The van der Waals surface area contributed by atoms with E-state index in [2.05, 4.69) is 13.8 Å². The third-order valence-corrected chi connectivity index (χ3v) is 7.86. The first kappa shape index (κ1) is 9.83. The zero-order valence-corrected chi connectivity index (χ0v) is 11.2. The molecule has 0 heterocycles. The Kier molecular flexibility index (Phi) is 1.36. The van der Waals surface area contributed by atoms with Crippen molar-refractivity contribution in [3.63, 3.8) is 0 Å². The van der Waals surface area contributed by atoms with Crippen LogP contribution in [-0.2, 0) is 0 Å². The van der Waals surface area contributed by atoms with E-state index in [0.717, 1.165) is 29.6 Å². The maximum Gasteiger partial charge on any atom is 0.0222 e. The van der Waals surface area contributed by atoms with Crippen molar-refractivity contribution in [2.24, 2.45) is 46.2 Å². The fraction of sp³-hybridized carbons (Fsp3) is 1.00. The van der Waals surface area contributed by atoms with Gasteiger partial charge in [-0.15, -0.1) is 0 Å². The molecule has 0 aromatic rings. The van der Waals surface area contributed by atoms with Gasteiger partial charge >= 0.3 is 0 Å². The Morgan fingerprint density at radius 2 is 1.29 bits per heavy atom. The van der Waals surface area contributed by atoms with Crippen molar-refractivity contribution in [1.82, 2.24) is 0 Å². The Morgan fingerprint density at radius 1 is 0.765 bits per heavy atom. The van der Waals surface area contributed by atoms with Gasteiger partial charge < -0.3 is 5.73 Å². The van der Waals surface area contributed by atoms with Crippen LogP contribution in [0.15, 0.2) is 0 Å². The topological polar surface area (TPSA) is 26.0 Å². The summed E-state index contributed by atoms with van der Waals surface area (Å²) in [4.78, 5) is 0. The third kappa shape index (κ3) is 0.895. The highest BCUT2D eigenvalue weighted by atomic mass is 14.9. The van der Waals surface area contributed by atoms with Crippen molar-refractivity contribution in [1.29, 1.82) is 0 Å². The first-order chi connectivity index (χ1) is 7.93. The Hall–Kier alpha value is -0.0400. The zero-order chi connectivity index (χ0) is 11.6. The molecule has 7 aliphatic rings. The van der Waals surface area contributed by atoms with E-state index in [4.69, 9.17) is 5.73 Å². The minimum atomic E-state index is 0.261. The SMILES string of the molecule is CC12CC3C4CC5(C)CC3C(C1)C(N)(C5)C4C2. The number of hydrogen-bond acceptors (Lipinski definition) is 1. The van der Waals surface area contributed by atoms with Gasteiger partial charge in [0.1, 0.15) is 0 Å². The van der Waals surface area contributed by atoms with Crippen molar-refractivity contribution in [3.8, 4) is 0 Å². The highest BCUT2D eigenvalue weighted by Crippen LogP contribution is 2.77. The fourth-order valence-corrected chi connectivity index (χ4v) is 7.81. The molecule has 0 amide bonds. The average Bonchev–Trinajstić information content (AvgIpc) is 2.23. The summed E-state index contributed by atoms with van der Waals surface area (Å²) in [5.41, 5.74) is 8.56. The lowest BCUT2D eigenvalue weighted by Crippen LogP contribution is -2.77. The summed E-state index contributed by atoms with van der Waals surface area (Å²) in [5, 5.41) is 0. The van der Waals surface area contributed by atoms with Crippen LogP contribution in [0.4, 0.5) is 0 Å². The molecule has 7 aliphatic carbocycles. The summed E-state index contributed by atoms with van der Waals surface area (Å²) in [6.07, 6.45) is 8.85. The standard InChI is InChI=1S/C16H25N/c1-14-3-9-10-4-15(2)5-11(9)13(7-14)16(17,8-15)12(10)6-14/h9-13H,3-8,17H2,1-2H3. The minimum Gasteiger partial charge on any atom is -0.325 e. The molecule has 2 N–H and O–H groups in total. The molecule has 0 aromatic carbocycles. The van der Waals surface area contributed by atoms with Crippen molar-refractivity contribution < 1.29 is 0 Å². The van der Waals surface area contributed by atoms with Gasteiger partial charge in [-0.3, -0.25) is 0 Å². The lowest BCUT2D eigenvalue weighted by Gasteiger charge is -2.77. The van der Waals surface area contributed by atoms with E-state index in [1.165, 1.54) is 32.1 Å². The van der Waals surface area contributed by atoms with Crippen LogP contribution in [0.1, 0.15) is 52.4 Å². The monoisotopic (exact) mass is 231 g/mol. The van der Waals surface area contributed by atoms with Gasteiger partial charge in [0.05, 0.1) is 0 Å². The molecule has 8 bridgehead atoms. The molecular weight excluding hydrogens is 206 g/mol. The molecule has 0 spiro atoms. The van der Waals surface area contributed by atoms with E-state index in [0.29, 0.717) is 10.8 Å². The van der Waals surface area contributed by atoms with Crippen LogP contribution in [-0.4, -0.2) is 5.54 Å². The Bertz CT molecular complexity index is 388. The van der Waals surface area contributed by atoms with Crippen molar-refractivity contribution >= 4 is 0 Å². The molecule has 0 radical (unpaired) electrons. The van der Waals surface area contributed by atoms with Crippen LogP contribution < -0.4 is 5.73 Å². The second-order valence-corrected chi connectivity index (χ2v) is 9.14. The fourth-order valence-electron chi connectivity index (χ4n) is 7.81. The molecule has 0 saturated heterocycles. The van der Waals surface area contributed by atoms with Crippen LogP contribution in [0.5, 0.6) is 0 Å². The molecule has 7 rings (SSSR count). The molecule has 94 valence electrons. The molecule has 1 nitrogen and oxygen atoms in total. The maximum atomic E-state index is 7.00. The number of nitrogens with two attached hydrogens (primary N) is 1. The predicted octanol–water partition coefficient (Wildman–Crippen LogP) is 3.19. The quantitative estimate of drug-likeness (QED) is 0.681. The molecule has 4 atom stereocenters. The average molecular weight is 231 g/mol. The first-order valence-corrected chi connectivity index (χ1v) is 7.72. The lowest BCUT2D eigenvalue weighted by molar-refractivity contribution is -0.259. The lowest BCUT2D eigenvalue weighted by atomic mass is 9.29. The summed E-state index contributed by atoms with van der Waals surface area (Å²) < 4.78 is 0. The van der Waals surface area contributed by atoms with Crippen LogP contribution in [0.25, 0.3) is 0 Å². The molecule has 7 fully saturated rings. The van der Waals surface area contributed by atoms with Gasteiger partial charge in [0.25, 0.3) is 0 Å². The molecule has 7 saturated carbocycles. The van der Waals surface area contributed by atoms with E-state index in [9.17, 15) is 0 Å². The van der Waals surface area contributed by atoms with Gasteiger partial charge in [0.2, 0.25) is 0 Å². The molecule has 4 unspecified atom stereocenters. The van der Waals surface area contributed by atoms with Crippen LogP contribution in [0.2, 0.25) is 0 Å². The third-order valence-electron chi connectivity index (χ3n) is 7.86.